The van der Waals surface area contributed by atoms with Gasteiger partial charge in [-0.05, 0) is 80.4 Å². The number of aromatic nitrogens is 2. The number of fused-ring (bicyclic) bond motifs is 1. The summed E-state index contributed by atoms with van der Waals surface area (Å²) in [4.78, 5) is 33.9. The molecule has 0 aliphatic rings. The Kier molecular flexibility index (Phi) is 6.64. The smallest absolute Gasteiger partial charge is 0.412 e. The monoisotopic (exact) mass is 470 g/mol. The molecule has 4 aromatic rings. The number of anilines is 2. The summed E-state index contributed by atoms with van der Waals surface area (Å²) in [5, 5.41) is 7.40. The topological polar surface area (TPSA) is 102 Å². The van der Waals surface area contributed by atoms with Crippen LogP contribution in [-0.2, 0) is 4.74 Å². The van der Waals surface area contributed by atoms with Crippen LogP contribution in [-0.4, -0.2) is 27.6 Å². The second-order valence-electron chi connectivity index (χ2n) is 8.94. The predicted octanol–water partition coefficient (Wildman–Crippen LogP) is 6.33. The van der Waals surface area contributed by atoms with Crippen LogP contribution in [0, 0.1) is 6.92 Å². The number of amides is 2. The predicted molar refractivity (Wildman–Crippen MR) is 135 cm³/mol. The minimum absolute atomic E-state index is 0.234. The van der Waals surface area contributed by atoms with Gasteiger partial charge in [-0.3, -0.25) is 10.1 Å². The molecule has 0 aliphatic heterocycles. The average molecular weight is 471 g/mol. The number of hydrogen-bond donors (Lipinski definition) is 2. The third-order valence-corrected chi connectivity index (χ3v) is 4.96. The molecule has 0 aliphatic carbocycles. The van der Waals surface area contributed by atoms with Crippen molar-refractivity contribution in [1.82, 2.24) is 9.97 Å². The summed E-state index contributed by atoms with van der Waals surface area (Å²) >= 11 is 0. The molecule has 0 saturated carbocycles. The number of nitrogens with one attached hydrogen (secondary N) is 2. The lowest BCUT2D eigenvalue weighted by Crippen LogP contribution is -2.28. The van der Waals surface area contributed by atoms with Crippen LogP contribution >= 0.6 is 0 Å². The fourth-order valence-corrected chi connectivity index (χ4v) is 3.42. The second-order valence-corrected chi connectivity index (χ2v) is 8.94. The first kappa shape index (κ1) is 23.7. The molecule has 178 valence electrons. The van der Waals surface area contributed by atoms with E-state index in [2.05, 4.69) is 20.6 Å². The van der Waals surface area contributed by atoms with E-state index >= 15 is 0 Å². The molecule has 3 aromatic carbocycles. The van der Waals surface area contributed by atoms with E-state index in [1.54, 1.807) is 69.6 Å². The summed E-state index contributed by atoms with van der Waals surface area (Å²) < 4.78 is 11.0. The molecular weight excluding hydrogens is 444 g/mol. The Hall–Kier alpha value is -4.46. The molecule has 4 rings (SSSR count). The quantitative estimate of drug-likeness (QED) is 0.353. The number of carbonyl (C=O) groups is 2. The van der Waals surface area contributed by atoms with E-state index in [0.717, 1.165) is 16.3 Å². The van der Waals surface area contributed by atoms with Crippen molar-refractivity contribution in [2.45, 2.75) is 33.3 Å². The van der Waals surface area contributed by atoms with Crippen molar-refractivity contribution < 1.29 is 19.1 Å². The van der Waals surface area contributed by atoms with Gasteiger partial charge in [-0.2, -0.15) is 0 Å². The van der Waals surface area contributed by atoms with Crippen molar-refractivity contribution >= 4 is 34.1 Å². The van der Waals surface area contributed by atoms with E-state index in [4.69, 9.17) is 9.47 Å². The molecule has 0 unspecified atom stereocenters. The lowest BCUT2D eigenvalue weighted by Gasteiger charge is -2.21. The van der Waals surface area contributed by atoms with Crippen LogP contribution in [0.3, 0.4) is 0 Å². The Morgan fingerprint density at radius 2 is 1.51 bits per heavy atom. The Balaban J connectivity index is 1.59. The van der Waals surface area contributed by atoms with Gasteiger partial charge in [-0.1, -0.05) is 24.3 Å². The summed E-state index contributed by atoms with van der Waals surface area (Å²) in [6.45, 7) is 7.19. The van der Waals surface area contributed by atoms with Gasteiger partial charge in [0.2, 0.25) is 0 Å². The van der Waals surface area contributed by atoms with Gasteiger partial charge in [0.05, 0.1) is 11.3 Å². The van der Waals surface area contributed by atoms with Crippen LogP contribution in [0.1, 0.15) is 36.7 Å². The van der Waals surface area contributed by atoms with E-state index in [-0.39, 0.29) is 11.9 Å². The highest BCUT2D eigenvalue weighted by Crippen LogP contribution is 2.28. The Morgan fingerprint density at radius 1 is 0.829 bits per heavy atom. The zero-order valence-corrected chi connectivity index (χ0v) is 20.0. The normalized spacial score (nSPS) is 11.1. The van der Waals surface area contributed by atoms with Gasteiger partial charge in [0.25, 0.3) is 5.91 Å². The van der Waals surface area contributed by atoms with Crippen molar-refractivity contribution in [1.29, 1.82) is 0 Å². The molecule has 1 aromatic heterocycles. The maximum absolute atomic E-state index is 13.3. The van der Waals surface area contributed by atoms with Crippen molar-refractivity contribution in [3.63, 3.8) is 0 Å². The van der Waals surface area contributed by atoms with E-state index in [9.17, 15) is 9.59 Å². The highest BCUT2D eigenvalue weighted by atomic mass is 16.6. The molecule has 35 heavy (non-hydrogen) atoms. The number of benzene rings is 3. The molecule has 0 saturated heterocycles. The van der Waals surface area contributed by atoms with Crippen molar-refractivity contribution in [2.24, 2.45) is 0 Å². The minimum atomic E-state index is -0.672. The lowest BCUT2D eigenvalue weighted by atomic mass is 10.0. The summed E-state index contributed by atoms with van der Waals surface area (Å²) in [6, 6.07) is 18.3. The van der Waals surface area contributed by atoms with Gasteiger partial charge in [0, 0.05) is 18.1 Å². The fourth-order valence-electron chi connectivity index (χ4n) is 3.42. The standard InChI is InChI=1S/C27H26N4O4/c1-17-14-20(34-25-28-12-7-13-29-25)10-11-22(17)30-24(32)21-15-18-8-5-6-9-19(18)16-23(21)31-26(33)35-27(2,3)4/h5-16H,1-4H3,(H,30,32)(H,31,33). The van der Waals surface area contributed by atoms with Crippen LogP contribution in [0.2, 0.25) is 0 Å². The third-order valence-electron chi connectivity index (χ3n) is 4.96. The van der Waals surface area contributed by atoms with Crippen LogP contribution in [0.25, 0.3) is 10.8 Å². The summed E-state index contributed by atoms with van der Waals surface area (Å²) in [5.74, 6) is 0.176. The fraction of sp³-hybridized carbons (Fsp3) is 0.185. The maximum atomic E-state index is 13.3. The van der Waals surface area contributed by atoms with Crippen LogP contribution in [0.5, 0.6) is 11.8 Å². The van der Waals surface area contributed by atoms with Crippen molar-refractivity contribution in [3.8, 4) is 11.8 Å². The highest BCUT2D eigenvalue weighted by Gasteiger charge is 2.20. The first-order chi connectivity index (χ1) is 16.7. The van der Waals surface area contributed by atoms with E-state index in [1.165, 1.54) is 0 Å². The maximum Gasteiger partial charge on any atom is 0.412 e. The number of ether oxygens (including phenoxy) is 2. The molecular formula is C27H26N4O4. The minimum Gasteiger partial charge on any atom is -0.444 e. The lowest BCUT2D eigenvalue weighted by molar-refractivity contribution is 0.0636. The molecule has 0 fully saturated rings. The van der Waals surface area contributed by atoms with Crippen LogP contribution in [0.15, 0.2) is 73.1 Å². The van der Waals surface area contributed by atoms with Crippen molar-refractivity contribution in [3.05, 3.63) is 84.2 Å². The van der Waals surface area contributed by atoms with Crippen molar-refractivity contribution in [2.75, 3.05) is 10.6 Å². The zero-order valence-electron chi connectivity index (χ0n) is 20.0. The molecule has 0 spiro atoms. The summed E-state index contributed by atoms with van der Waals surface area (Å²) in [6.07, 6.45) is 2.55. The molecule has 2 N–H and O–H groups in total. The van der Waals surface area contributed by atoms with Crippen LogP contribution in [0.4, 0.5) is 16.2 Å². The van der Waals surface area contributed by atoms with Gasteiger partial charge in [-0.15, -0.1) is 0 Å². The van der Waals surface area contributed by atoms with E-state index < -0.39 is 11.7 Å². The first-order valence-corrected chi connectivity index (χ1v) is 11.1. The molecule has 0 radical (unpaired) electrons. The van der Waals surface area contributed by atoms with E-state index in [0.29, 0.717) is 22.7 Å². The average Bonchev–Trinajstić information content (AvgIpc) is 2.80. The summed E-state index contributed by atoms with van der Waals surface area (Å²) in [7, 11) is 0. The highest BCUT2D eigenvalue weighted by molar-refractivity contribution is 6.12. The Labute approximate surface area is 203 Å². The molecule has 1 heterocycles. The van der Waals surface area contributed by atoms with E-state index in [1.807, 2.05) is 31.2 Å². The number of hydrogen-bond acceptors (Lipinski definition) is 6. The second kappa shape index (κ2) is 9.80. The largest absolute Gasteiger partial charge is 0.444 e. The Morgan fingerprint density at radius 3 is 2.17 bits per heavy atom. The van der Waals surface area contributed by atoms with Crippen LogP contribution < -0.4 is 15.4 Å². The SMILES string of the molecule is Cc1cc(Oc2ncccn2)ccc1NC(=O)c1cc2ccccc2cc1NC(=O)OC(C)(C)C. The zero-order chi connectivity index (χ0) is 25.0. The van der Waals surface area contributed by atoms with Gasteiger partial charge >= 0.3 is 12.1 Å². The van der Waals surface area contributed by atoms with Gasteiger partial charge < -0.3 is 14.8 Å². The number of rotatable bonds is 5. The van der Waals surface area contributed by atoms with Gasteiger partial charge in [-0.25, -0.2) is 14.8 Å². The molecule has 8 nitrogen and oxygen atoms in total. The molecule has 0 atom stereocenters. The van der Waals surface area contributed by atoms with Gasteiger partial charge in [0.15, 0.2) is 0 Å². The third kappa shape index (κ3) is 6.11. The van der Waals surface area contributed by atoms with Gasteiger partial charge in [0.1, 0.15) is 11.4 Å². The molecule has 2 amide bonds. The number of nitrogens with zero attached hydrogens (tertiary/aromatic N) is 2. The summed E-state index contributed by atoms with van der Waals surface area (Å²) in [5.41, 5.74) is 1.39. The molecule has 0 bridgehead atoms. The first-order valence-electron chi connectivity index (χ1n) is 11.1. The number of carbonyl (C=O) groups excluding carboxylic acids is 2. The Bertz CT molecular complexity index is 1380. The number of aryl methyl sites for hydroxylation is 1. The molecule has 8 heteroatoms.